The molecule has 36 heavy (non-hydrogen) atoms. The molecule has 1 amide bonds. The summed E-state index contributed by atoms with van der Waals surface area (Å²) in [6, 6.07) is 17.3. The van der Waals surface area contributed by atoms with Gasteiger partial charge in [0.2, 0.25) is 5.95 Å². The highest BCUT2D eigenvalue weighted by Crippen LogP contribution is 2.24. The molecule has 2 aromatic heterocycles. The number of anilines is 6. The molecule has 4 N–H and O–H groups in total. The Balaban J connectivity index is 1.55. The SMILES string of the molecule is Cn1cc(Nc2ncc(CNc3ccccc3)c(Nc3cccc(NC(=O)OC(C)(C)C)c3)n2)cn1. The number of para-hydroxylation sites is 1. The average molecular weight is 487 g/mol. The molecule has 0 aliphatic rings. The van der Waals surface area contributed by atoms with Gasteiger partial charge in [0.15, 0.2) is 0 Å². The van der Waals surface area contributed by atoms with E-state index in [2.05, 4.69) is 31.3 Å². The topological polar surface area (TPSA) is 118 Å². The van der Waals surface area contributed by atoms with Crippen molar-refractivity contribution in [2.75, 3.05) is 21.3 Å². The van der Waals surface area contributed by atoms with Crippen molar-refractivity contribution < 1.29 is 9.53 Å². The maximum Gasteiger partial charge on any atom is 0.412 e. The van der Waals surface area contributed by atoms with Crippen molar-refractivity contribution in [3.8, 4) is 0 Å². The van der Waals surface area contributed by atoms with Crippen molar-refractivity contribution in [1.29, 1.82) is 0 Å². The molecule has 0 unspecified atom stereocenters. The van der Waals surface area contributed by atoms with Gasteiger partial charge in [-0.3, -0.25) is 10.00 Å². The van der Waals surface area contributed by atoms with Crippen LogP contribution in [0.1, 0.15) is 26.3 Å². The van der Waals surface area contributed by atoms with E-state index < -0.39 is 11.7 Å². The maximum absolute atomic E-state index is 12.2. The highest BCUT2D eigenvalue weighted by Gasteiger charge is 2.16. The molecule has 186 valence electrons. The Morgan fingerprint density at radius 1 is 0.944 bits per heavy atom. The first-order valence-electron chi connectivity index (χ1n) is 11.5. The van der Waals surface area contributed by atoms with Gasteiger partial charge in [-0.05, 0) is 51.1 Å². The Morgan fingerprint density at radius 2 is 1.69 bits per heavy atom. The number of benzene rings is 2. The number of aryl methyl sites for hydroxylation is 1. The van der Waals surface area contributed by atoms with Crippen LogP contribution in [0.15, 0.2) is 73.2 Å². The zero-order valence-corrected chi connectivity index (χ0v) is 20.7. The number of ether oxygens (including phenoxy) is 1. The first kappa shape index (κ1) is 24.5. The summed E-state index contributed by atoms with van der Waals surface area (Å²) in [6.45, 7) is 5.97. The number of hydrogen-bond donors (Lipinski definition) is 4. The molecule has 0 aliphatic heterocycles. The van der Waals surface area contributed by atoms with Crippen molar-refractivity contribution >= 4 is 40.6 Å². The van der Waals surface area contributed by atoms with Crippen molar-refractivity contribution in [2.24, 2.45) is 7.05 Å². The molecule has 0 aliphatic carbocycles. The van der Waals surface area contributed by atoms with Gasteiger partial charge < -0.3 is 20.7 Å². The zero-order valence-electron chi connectivity index (χ0n) is 20.7. The normalized spacial score (nSPS) is 11.0. The van der Waals surface area contributed by atoms with Crippen LogP contribution in [0.4, 0.5) is 39.3 Å². The van der Waals surface area contributed by atoms with Crippen LogP contribution in [0.25, 0.3) is 0 Å². The van der Waals surface area contributed by atoms with Crippen LogP contribution in [0.3, 0.4) is 0 Å². The molecule has 0 spiro atoms. The molecule has 4 rings (SSSR count). The molecule has 2 aromatic carbocycles. The van der Waals surface area contributed by atoms with Gasteiger partial charge in [-0.25, -0.2) is 9.78 Å². The minimum atomic E-state index is -0.584. The monoisotopic (exact) mass is 486 g/mol. The van der Waals surface area contributed by atoms with Crippen LogP contribution >= 0.6 is 0 Å². The molecular weight excluding hydrogens is 456 g/mol. The molecular formula is C26H30N8O2. The van der Waals surface area contributed by atoms with Gasteiger partial charge in [0.05, 0.1) is 11.9 Å². The second kappa shape index (κ2) is 10.8. The van der Waals surface area contributed by atoms with E-state index in [9.17, 15) is 4.79 Å². The summed E-state index contributed by atoms with van der Waals surface area (Å²) in [6.07, 6.45) is 4.80. The Kier molecular flexibility index (Phi) is 7.33. The van der Waals surface area contributed by atoms with Gasteiger partial charge >= 0.3 is 6.09 Å². The third-order valence-electron chi connectivity index (χ3n) is 4.85. The summed E-state index contributed by atoms with van der Waals surface area (Å²) in [7, 11) is 1.84. The summed E-state index contributed by atoms with van der Waals surface area (Å²) >= 11 is 0. The van der Waals surface area contributed by atoms with E-state index in [-0.39, 0.29) is 0 Å². The van der Waals surface area contributed by atoms with Gasteiger partial charge in [0.25, 0.3) is 0 Å². The lowest BCUT2D eigenvalue weighted by molar-refractivity contribution is 0.0636. The third-order valence-corrected chi connectivity index (χ3v) is 4.85. The lowest BCUT2D eigenvalue weighted by Gasteiger charge is -2.20. The van der Waals surface area contributed by atoms with E-state index in [0.29, 0.717) is 24.0 Å². The minimum absolute atomic E-state index is 0.428. The van der Waals surface area contributed by atoms with Crippen LogP contribution in [0, 0.1) is 0 Å². The van der Waals surface area contributed by atoms with Gasteiger partial charge in [-0.2, -0.15) is 10.1 Å². The summed E-state index contributed by atoms with van der Waals surface area (Å²) < 4.78 is 7.05. The van der Waals surface area contributed by atoms with Gasteiger partial charge in [0.1, 0.15) is 11.4 Å². The van der Waals surface area contributed by atoms with Gasteiger partial charge in [-0.1, -0.05) is 24.3 Å². The first-order chi connectivity index (χ1) is 17.2. The minimum Gasteiger partial charge on any atom is -0.444 e. The number of rotatable bonds is 8. The number of carbonyl (C=O) groups is 1. The van der Waals surface area contributed by atoms with Crippen LogP contribution in [-0.2, 0) is 18.3 Å². The predicted molar refractivity (Wildman–Crippen MR) is 142 cm³/mol. The van der Waals surface area contributed by atoms with E-state index >= 15 is 0 Å². The second-order valence-corrected chi connectivity index (χ2v) is 9.15. The number of carbonyl (C=O) groups excluding carboxylic acids is 1. The standard InChI is InChI=1S/C26H30N8O2/c1-26(2,3)36-25(35)32-21-12-8-11-20(13-21)30-23-18(14-27-19-9-6-5-7-10-19)15-28-24(33-23)31-22-16-29-34(4)17-22/h5-13,15-17,27H,14H2,1-4H3,(H,32,35)(H2,28,30,31,33). The summed E-state index contributed by atoms with van der Waals surface area (Å²) in [5.74, 6) is 1.05. The average Bonchev–Trinajstić information content (AvgIpc) is 3.22. The van der Waals surface area contributed by atoms with Gasteiger partial charge in [0, 0.05) is 48.6 Å². The van der Waals surface area contributed by atoms with Crippen molar-refractivity contribution in [2.45, 2.75) is 32.9 Å². The van der Waals surface area contributed by atoms with Crippen molar-refractivity contribution in [3.63, 3.8) is 0 Å². The fourth-order valence-electron chi connectivity index (χ4n) is 3.31. The van der Waals surface area contributed by atoms with Crippen molar-refractivity contribution in [1.82, 2.24) is 19.7 Å². The van der Waals surface area contributed by atoms with Gasteiger partial charge in [-0.15, -0.1) is 0 Å². The maximum atomic E-state index is 12.2. The summed E-state index contributed by atoms with van der Waals surface area (Å²) in [5.41, 5.74) is 3.39. The zero-order chi connectivity index (χ0) is 25.5. The molecule has 10 heteroatoms. The molecule has 0 atom stereocenters. The molecule has 0 saturated heterocycles. The van der Waals surface area contributed by atoms with E-state index in [1.165, 1.54) is 0 Å². The molecule has 4 aromatic rings. The van der Waals surface area contributed by atoms with E-state index in [1.807, 2.05) is 82.5 Å². The van der Waals surface area contributed by atoms with E-state index in [1.54, 1.807) is 23.1 Å². The predicted octanol–water partition coefficient (Wildman–Crippen LogP) is 5.66. The number of nitrogens with zero attached hydrogens (tertiary/aromatic N) is 4. The quantitative estimate of drug-likeness (QED) is 0.252. The van der Waals surface area contributed by atoms with Crippen LogP contribution < -0.4 is 21.3 Å². The lowest BCUT2D eigenvalue weighted by atomic mass is 10.2. The number of amides is 1. The fraction of sp³-hybridized carbons (Fsp3) is 0.231. The third kappa shape index (κ3) is 7.20. The molecule has 0 radical (unpaired) electrons. The molecule has 0 fully saturated rings. The molecule has 2 heterocycles. The molecule has 10 nitrogen and oxygen atoms in total. The largest absolute Gasteiger partial charge is 0.444 e. The second-order valence-electron chi connectivity index (χ2n) is 9.15. The number of hydrogen-bond acceptors (Lipinski definition) is 8. The number of nitrogens with one attached hydrogen (secondary N) is 4. The van der Waals surface area contributed by atoms with E-state index in [0.717, 1.165) is 22.6 Å². The highest BCUT2D eigenvalue weighted by atomic mass is 16.6. The molecule has 0 bridgehead atoms. The Bertz CT molecular complexity index is 1320. The van der Waals surface area contributed by atoms with Crippen LogP contribution in [0.5, 0.6) is 0 Å². The van der Waals surface area contributed by atoms with E-state index in [4.69, 9.17) is 9.72 Å². The Hall–Kier alpha value is -4.60. The van der Waals surface area contributed by atoms with Crippen LogP contribution in [0.2, 0.25) is 0 Å². The Morgan fingerprint density at radius 3 is 2.42 bits per heavy atom. The molecule has 0 saturated carbocycles. The highest BCUT2D eigenvalue weighted by molar-refractivity contribution is 5.86. The summed E-state index contributed by atoms with van der Waals surface area (Å²) in [5, 5.41) is 16.9. The Labute approximate surface area is 210 Å². The summed E-state index contributed by atoms with van der Waals surface area (Å²) in [4.78, 5) is 21.4. The first-order valence-corrected chi connectivity index (χ1v) is 11.5. The smallest absolute Gasteiger partial charge is 0.412 e. The number of aromatic nitrogens is 4. The van der Waals surface area contributed by atoms with Crippen molar-refractivity contribution in [3.05, 3.63) is 78.8 Å². The van der Waals surface area contributed by atoms with Crippen LogP contribution in [-0.4, -0.2) is 31.4 Å². The lowest BCUT2D eigenvalue weighted by Crippen LogP contribution is -2.27. The fourth-order valence-corrected chi connectivity index (χ4v) is 3.31.